The van der Waals surface area contributed by atoms with Gasteiger partial charge in [0, 0.05) is 35.2 Å². The molecule has 4 nitrogen and oxygen atoms in total. The highest BCUT2D eigenvalue weighted by molar-refractivity contribution is 6.10. The van der Waals surface area contributed by atoms with Crippen LogP contribution in [0.25, 0.3) is 50.0 Å². The number of hydrogen-bond acceptors (Lipinski definition) is 3. The van der Waals surface area contributed by atoms with Gasteiger partial charge in [-0.15, -0.1) is 0 Å². The van der Waals surface area contributed by atoms with Crippen LogP contribution in [0.5, 0.6) is 0 Å². The minimum absolute atomic E-state index is 0.866. The maximum atomic E-state index is 5.22. The van der Waals surface area contributed by atoms with Crippen LogP contribution in [0.1, 0.15) is 22.4 Å². The molecule has 0 spiro atoms. The van der Waals surface area contributed by atoms with E-state index in [0.717, 1.165) is 46.1 Å². The molecule has 6 aromatic rings. The minimum Gasteiger partial charge on any atom is -0.278 e. The predicted molar refractivity (Wildman–Crippen MR) is 122 cm³/mol. The van der Waals surface area contributed by atoms with Gasteiger partial charge in [-0.3, -0.25) is 9.38 Å². The number of nitrogens with zero attached hydrogens (tertiary/aromatic N) is 4. The Hall–Kier alpha value is -4.05. The Morgan fingerprint density at radius 2 is 1.45 bits per heavy atom. The van der Waals surface area contributed by atoms with Crippen molar-refractivity contribution in [1.82, 2.24) is 19.4 Å². The van der Waals surface area contributed by atoms with Crippen molar-refractivity contribution < 1.29 is 0 Å². The molecular weight excluding hydrogens is 380 g/mol. The maximum Gasteiger partial charge on any atom is 0.166 e. The minimum atomic E-state index is 0.866. The monoisotopic (exact) mass is 396 g/mol. The van der Waals surface area contributed by atoms with Gasteiger partial charge in [-0.1, -0.05) is 42.5 Å². The van der Waals surface area contributed by atoms with Crippen molar-refractivity contribution >= 4 is 27.6 Å². The molecule has 2 aliphatic carbocycles. The van der Waals surface area contributed by atoms with Gasteiger partial charge in [-0.05, 0) is 52.4 Å². The number of benzene rings is 2. The molecule has 0 aliphatic heterocycles. The third-order valence-electron chi connectivity index (χ3n) is 6.92. The van der Waals surface area contributed by atoms with Gasteiger partial charge in [0.05, 0.1) is 11.4 Å². The number of aromatic nitrogens is 4. The lowest BCUT2D eigenvalue weighted by Gasteiger charge is -2.09. The highest BCUT2D eigenvalue weighted by Crippen LogP contribution is 2.49. The molecular formula is C27H16N4. The van der Waals surface area contributed by atoms with Crippen molar-refractivity contribution in [1.29, 1.82) is 0 Å². The van der Waals surface area contributed by atoms with Gasteiger partial charge in [0.25, 0.3) is 0 Å². The number of fused-ring (bicyclic) bond motifs is 14. The summed E-state index contributed by atoms with van der Waals surface area (Å²) in [6.45, 7) is 0. The topological polar surface area (TPSA) is 43.1 Å². The quantitative estimate of drug-likeness (QED) is 0.315. The molecule has 4 heterocycles. The van der Waals surface area contributed by atoms with E-state index in [1.165, 1.54) is 39.1 Å². The van der Waals surface area contributed by atoms with Crippen LogP contribution in [0.4, 0.5) is 0 Å². The smallest absolute Gasteiger partial charge is 0.166 e. The molecule has 0 unspecified atom stereocenters. The van der Waals surface area contributed by atoms with Crippen LogP contribution in [0.2, 0.25) is 0 Å². The van der Waals surface area contributed by atoms with E-state index in [0.29, 0.717) is 0 Å². The molecule has 144 valence electrons. The highest BCUT2D eigenvalue weighted by atomic mass is 15.1. The second-order valence-electron chi connectivity index (χ2n) is 8.48. The second kappa shape index (κ2) is 5.35. The van der Waals surface area contributed by atoms with Crippen LogP contribution in [-0.4, -0.2) is 19.4 Å². The molecule has 0 N–H and O–H groups in total. The SMILES string of the molecule is c1ccc2c(c1)Cc1ccc3c(c1-2)-c1nc2c4ncccc4c4cccnc4n2c1C3. The van der Waals surface area contributed by atoms with Crippen LogP contribution in [0.3, 0.4) is 0 Å². The Labute approximate surface area is 177 Å². The average Bonchev–Trinajstić information content (AvgIpc) is 3.48. The van der Waals surface area contributed by atoms with Crippen molar-refractivity contribution in [2.75, 3.05) is 0 Å². The van der Waals surface area contributed by atoms with Gasteiger partial charge in [0.1, 0.15) is 11.2 Å². The molecule has 0 bridgehead atoms. The Kier molecular flexibility index (Phi) is 2.72. The molecule has 4 heteroatoms. The zero-order valence-electron chi connectivity index (χ0n) is 16.6. The Balaban J connectivity index is 1.55. The lowest BCUT2D eigenvalue weighted by molar-refractivity contribution is 1.07. The molecule has 2 aromatic carbocycles. The number of hydrogen-bond donors (Lipinski definition) is 0. The van der Waals surface area contributed by atoms with E-state index in [1.54, 1.807) is 0 Å². The first-order valence-corrected chi connectivity index (χ1v) is 10.6. The van der Waals surface area contributed by atoms with Crippen molar-refractivity contribution in [3.63, 3.8) is 0 Å². The Morgan fingerprint density at radius 1 is 0.645 bits per heavy atom. The third kappa shape index (κ3) is 1.84. The molecule has 0 fully saturated rings. The van der Waals surface area contributed by atoms with Crippen LogP contribution in [0, 0.1) is 0 Å². The van der Waals surface area contributed by atoms with Gasteiger partial charge < -0.3 is 0 Å². The number of imidazole rings is 1. The van der Waals surface area contributed by atoms with Crippen LogP contribution in [-0.2, 0) is 12.8 Å². The van der Waals surface area contributed by atoms with Crippen molar-refractivity contribution in [3.05, 3.63) is 95.4 Å². The molecule has 8 rings (SSSR count). The van der Waals surface area contributed by atoms with E-state index < -0.39 is 0 Å². The maximum absolute atomic E-state index is 5.22. The van der Waals surface area contributed by atoms with Gasteiger partial charge in [-0.25, -0.2) is 9.97 Å². The van der Waals surface area contributed by atoms with Crippen LogP contribution in [0.15, 0.2) is 73.1 Å². The molecule has 0 saturated carbocycles. The van der Waals surface area contributed by atoms with E-state index in [2.05, 4.69) is 52.9 Å². The van der Waals surface area contributed by atoms with Gasteiger partial charge in [0.2, 0.25) is 0 Å². The van der Waals surface area contributed by atoms with Gasteiger partial charge >= 0.3 is 0 Å². The predicted octanol–water partition coefficient (Wildman–Crippen LogP) is 5.57. The normalized spacial score (nSPS) is 13.5. The fourth-order valence-electron chi connectivity index (χ4n) is 5.66. The molecule has 4 aromatic heterocycles. The average molecular weight is 396 g/mol. The first-order valence-electron chi connectivity index (χ1n) is 10.6. The van der Waals surface area contributed by atoms with E-state index >= 15 is 0 Å². The summed E-state index contributed by atoms with van der Waals surface area (Å²) in [5.74, 6) is 0. The zero-order valence-corrected chi connectivity index (χ0v) is 16.6. The fraction of sp³-hybridized carbons (Fsp3) is 0.0741. The Morgan fingerprint density at radius 3 is 2.39 bits per heavy atom. The first-order chi connectivity index (χ1) is 15.4. The molecule has 31 heavy (non-hydrogen) atoms. The molecule has 2 aliphatic rings. The standard InChI is InChI=1S/C27H16N4/c1-2-6-18-15(5-1)13-16-9-10-17-14-21-25(23(17)22(16)18)30-27-24-19(7-3-11-28-24)20-8-4-12-29-26(20)31(21)27/h1-12H,13-14H2. The van der Waals surface area contributed by atoms with E-state index in [9.17, 15) is 0 Å². The Bertz CT molecular complexity index is 1740. The van der Waals surface area contributed by atoms with Crippen LogP contribution < -0.4 is 0 Å². The summed E-state index contributed by atoms with van der Waals surface area (Å²) in [5.41, 5.74) is 13.3. The lowest BCUT2D eigenvalue weighted by Crippen LogP contribution is -1.98. The summed E-state index contributed by atoms with van der Waals surface area (Å²) in [5, 5.41) is 2.22. The molecule has 0 atom stereocenters. The largest absolute Gasteiger partial charge is 0.278 e. The third-order valence-corrected chi connectivity index (χ3v) is 6.92. The van der Waals surface area contributed by atoms with Crippen molar-refractivity contribution in [3.8, 4) is 22.4 Å². The summed E-state index contributed by atoms with van der Waals surface area (Å²) < 4.78 is 2.24. The van der Waals surface area contributed by atoms with Crippen molar-refractivity contribution in [2.24, 2.45) is 0 Å². The van der Waals surface area contributed by atoms with E-state index in [1.807, 2.05) is 24.5 Å². The summed E-state index contributed by atoms with van der Waals surface area (Å²) >= 11 is 0. The first kappa shape index (κ1) is 15.7. The summed E-state index contributed by atoms with van der Waals surface area (Å²) in [6.07, 6.45) is 5.58. The molecule has 0 amide bonds. The summed E-state index contributed by atoms with van der Waals surface area (Å²) in [4.78, 5) is 14.7. The molecule has 0 saturated heterocycles. The summed E-state index contributed by atoms with van der Waals surface area (Å²) in [7, 11) is 0. The highest BCUT2D eigenvalue weighted by Gasteiger charge is 2.32. The fourth-order valence-corrected chi connectivity index (χ4v) is 5.66. The number of pyridine rings is 3. The van der Waals surface area contributed by atoms with Crippen molar-refractivity contribution in [2.45, 2.75) is 12.8 Å². The van der Waals surface area contributed by atoms with Crippen LogP contribution >= 0.6 is 0 Å². The zero-order chi connectivity index (χ0) is 20.1. The van der Waals surface area contributed by atoms with Gasteiger partial charge in [-0.2, -0.15) is 0 Å². The lowest BCUT2D eigenvalue weighted by atomic mass is 9.96. The number of rotatable bonds is 0. The van der Waals surface area contributed by atoms with E-state index in [4.69, 9.17) is 15.0 Å². The van der Waals surface area contributed by atoms with E-state index in [-0.39, 0.29) is 0 Å². The second-order valence-corrected chi connectivity index (χ2v) is 8.48. The van der Waals surface area contributed by atoms with Gasteiger partial charge in [0.15, 0.2) is 5.65 Å². The molecule has 0 radical (unpaired) electrons. The summed E-state index contributed by atoms with van der Waals surface area (Å²) in [6, 6.07) is 21.6.